The van der Waals surface area contributed by atoms with Crippen molar-refractivity contribution in [2.75, 3.05) is 51.1 Å². The van der Waals surface area contributed by atoms with Gasteiger partial charge in [-0.1, -0.05) is 0 Å². The van der Waals surface area contributed by atoms with Crippen LogP contribution in [0.15, 0.2) is 18.3 Å². The smallest absolute Gasteiger partial charge is 0.323 e. The average molecular weight is 349 g/mol. The van der Waals surface area contributed by atoms with Crippen molar-refractivity contribution in [1.82, 2.24) is 19.7 Å². The van der Waals surface area contributed by atoms with Crippen LogP contribution in [0, 0.1) is 5.82 Å². The molecule has 0 bridgehead atoms. The molecule has 2 aliphatic heterocycles. The van der Waals surface area contributed by atoms with E-state index in [4.69, 9.17) is 0 Å². The predicted molar refractivity (Wildman–Crippen MR) is 91.7 cm³/mol. The van der Waals surface area contributed by atoms with Crippen molar-refractivity contribution in [2.45, 2.75) is 19.3 Å². The summed E-state index contributed by atoms with van der Waals surface area (Å²) < 4.78 is 12.8. The van der Waals surface area contributed by atoms with Crippen molar-refractivity contribution in [3.8, 4) is 0 Å². The van der Waals surface area contributed by atoms with Crippen molar-refractivity contribution < 1.29 is 14.0 Å². The van der Waals surface area contributed by atoms with Crippen LogP contribution in [0.1, 0.15) is 19.3 Å². The van der Waals surface area contributed by atoms with Crippen LogP contribution < -0.4 is 5.32 Å². The summed E-state index contributed by atoms with van der Waals surface area (Å²) in [5, 5.41) is 2.66. The van der Waals surface area contributed by atoms with Crippen LogP contribution in [0.3, 0.4) is 0 Å². The van der Waals surface area contributed by atoms with E-state index in [1.807, 2.05) is 4.90 Å². The molecule has 1 aromatic rings. The van der Waals surface area contributed by atoms with E-state index in [2.05, 4.69) is 15.2 Å². The lowest BCUT2D eigenvalue weighted by molar-refractivity contribution is -0.133. The number of nitrogens with zero attached hydrogens (tertiary/aromatic N) is 4. The second-order valence-corrected chi connectivity index (χ2v) is 6.50. The minimum Gasteiger partial charge on any atom is -0.342 e. The Kier molecular flexibility index (Phi) is 5.80. The number of amides is 3. The van der Waals surface area contributed by atoms with Gasteiger partial charge in [-0.15, -0.1) is 0 Å². The molecule has 2 fully saturated rings. The van der Waals surface area contributed by atoms with E-state index < -0.39 is 5.82 Å². The van der Waals surface area contributed by atoms with E-state index in [0.717, 1.165) is 32.1 Å². The average Bonchev–Trinajstić information content (AvgIpc) is 2.65. The number of hydrogen-bond donors (Lipinski definition) is 1. The second-order valence-electron chi connectivity index (χ2n) is 6.50. The van der Waals surface area contributed by atoms with Gasteiger partial charge in [-0.05, 0) is 31.4 Å². The number of rotatable bonds is 3. The van der Waals surface area contributed by atoms with Crippen LogP contribution in [0.2, 0.25) is 0 Å². The van der Waals surface area contributed by atoms with Gasteiger partial charge in [0.15, 0.2) is 0 Å². The number of carbonyl (C=O) groups excluding carboxylic acids is 2. The lowest BCUT2D eigenvalue weighted by Crippen LogP contribution is -2.52. The number of halogens is 1. The first-order chi connectivity index (χ1) is 12.1. The van der Waals surface area contributed by atoms with Crippen LogP contribution in [0.5, 0.6) is 0 Å². The number of urea groups is 1. The highest BCUT2D eigenvalue weighted by molar-refractivity contribution is 5.88. The molecule has 1 N–H and O–H groups in total. The summed E-state index contributed by atoms with van der Waals surface area (Å²) >= 11 is 0. The number of nitrogens with one attached hydrogen (secondary N) is 1. The minimum absolute atomic E-state index is 0.188. The largest absolute Gasteiger partial charge is 0.342 e. The third-order valence-corrected chi connectivity index (χ3v) is 4.69. The topological polar surface area (TPSA) is 68.8 Å². The van der Waals surface area contributed by atoms with Crippen LogP contribution in [0.25, 0.3) is 0 Å². The predicted octanol–water partition coefficient (Wildman–Crippen LogP) is 1.38. The highest BCUT2D eigenvalue weighted by Gasteiger charge is 2.24. The molecule has 0 aliphatic carbocycles. The summed E-state index contributed by atoms with van der Waals surface area (Å²) in [6.07, 6.45) is 4.47. The maximum atomic E-state index is 12.8. The number of hydrogen-bond acceptors (Lipinski definition) is 4. The minimum atomic E-state index is -0.440. The summed E-state index contributed by atoms with van der Waals surface area (Å²) in [5.41, 5.74) is 0. The summed E-state index contributed by atoms with van der Waals surface area (Å²) in [5.74, 6) is 0.0761. The summed E-state index contributed by atoms with van der Waals surface area (Å²) in [7, 11) is 0. The van der Waals surface area contributed by atoms with E-state index in [0.29, 0.717) is 38.5 Å². The number of piperidine rings is 1. The highest BCUT2D eigenvalue weighted by atomic mass is 19.1. The molecule has 1 aromatic heterocycles. The zero-order valence-electron chi connectivity index (χ0n) is 14.3. The van der Waals surface area contributed by atoms with Gasteiger partial charge in [0.05, 0.1) is 12.7 Å². The number of aromatic nitrogens is 1. The Hall–Kier alpha value is -2.22. The SMILES string of the molecule is O=C(CN1CCN(C(=O)Nc2ccc(F)cn2)CC1)N1CCCCC1. The molecule has 25 heavy (non-hydrogen) atoms. The van der Waals surface area contributed by atoms with E-state index in [1.165, 1.54) is 18.6 Å². The van der Waals surface area contributed by atoms with Crippen LogP contribution in [-0.2, 0) is 4.79 Å². The fourth-order valence-electron chi connectivity index (χ4n) is 3.18. The molecular weight excluding hydrogens is 325 g/mol. The number of pyridine rings is 1. The standard InChI is InChI=1S/C17H24FN5O2/c18-14-4-5-15(19-12-14)20-17(25)23-10-8-21(9-11-23)13-16(24)22-6-2-1-3-7-22/h4-5,12H,1-3,6-11,13H2,(H,19,20,25). The Balaban J connectivity index is 1.42. The summed E-state index contributed by atoms with van der Waals surface area (Å²) in [6.45, 7) is 4.61. The van der Waals surface area contributed by atoms with Gasteiger partial charge < -0.3 is 9.80 Å². The van der Waals surface area contributed by atoms with Crippen LogP contribution >= 0.6 is 0 Å². The van der Waals surface area contributed by atoms with Crippen molar-refractivity contribution in [3.05, 3.63) is 24.1 Å². The number of likely N-dealkylation sites (tertiary alicyclic amines) is 1. The van der Waals surface area contributed by atoms with Gasteiger partial charge in [0, 0.05) is 39.3 Å². The van der Waals surface area contributed by atoms with Crippen molar-refractivity contribution in [2.24, 2.45) is 0 Å². The van der Waals surface area contributed by atoms with Crippen LogP contribution in [-0.4, -0.2) is 77.4 Å². The molecule has 2 saturated heterocycles. The fraction of sp³-hybridized carbons (Fsp3) is 0.588. The van der Waals surface area contributed by atoms with Gasteiger partial charge in [-0.3, -0.25) is 15.0 Å². The Morgan fingerprint density at radius 3 is 2.36 bits per heavy atom. The monoisotopic (exact) mass is 349 g/mol. The van der Waals surface area contributed by atoms with Crippen molar-refractivity contribution in [3.63, 3.8) is 0 Å². The molecule has 0 atom stereocenters. The van der Waals surface area contributed by atoms with Gasteiger partial charge >= 0.3 is 6.03 Å². The van der Waals surface area contributed by atoms with Gasteiger partial charge in [-0.25, -0.2) is 14.2 Å². The number of anilines is 1. The molecule has 0 saturated carbocycles. The molecule has 8 heteroatoms. The number of carbonyl (C=O) groups is 2. The van der Waals surface area contributed by atoms with Gasteiger partial charge in [0.25, 0.3) is 0 Å². The Morgan fingerprint density at radius 1 is 1.00 bits per heavy atom. The first-order valence-electron chi connectivity index (χ1n) is 8.79. The van der Waals surface area contributed by atoms with Gasteiger partial charge in [0.1, 0.15) is 11.6 Å². The molecule has 0 aromatic carbocycles. The zero-order chi connectivity index (χ0) is 17.6. The van der Waals surface area contributed by atoms with E-state index in [-0.39, 0.29) is 11.9 Å². The Bertz CT molecular complexity index is 596. The molecule has 136 valence electrons. The maximum Gasteiger partial charge on any atom is 0.323 e. The highest BCUT2D eigenvalue weighted by Crippen LogP contribution is 2.11. The molecule has 3 rings (SSSR count). The fourth-order valence-corrected chi connectivity index (χ4v) is 3.18. The van der Waals surface area contributed by atoms with E-state index >= 15 is 0 Å². The first-order valence-corrected chi connectivity index (χ1v) is 8.79. The van der Waals surface area contributed by atoms with Gasteiger partial charge in [0.2, 0.25) is 5.91 Å². The second kappa shape index (κ2) is 8.24. The van der Waals surface area contributed by atoms with Gasteiger partial charge in [-0.2, -0.15) is 0 Å². The zero-order valence-corrected chi connectivity index (χ0v) is 14.3. The lowest BCUT2D eigenvalue weighted by Gasteiger charge is -2.35. The summed E-state index contributed by atoms with van der Waals surface area (Å²) in [4.78, 5) is 34.1. The Labute approximate surface area is 146 Å². The molecule has 0 unspecified atom stereocenters. The molecule has 0 spiro atoms. The Morgan fingerprint density at radius 2 is 1.72 bits per heavy atom. The molecule has 3 heterocycles. The molecular formula is C17H24FN5O2. The van der Waals surface area contributed by atoms with Crippen molar-refractivity contribution in [1.29, 1.82) is 0 Å². The third-order valence-electron chi connectivity index (χ3n) is 4.69. The lowest BCUT2D eigenvalue weighted by atomic mass is 10.1. The van der Waals surface area contributed by atoms with E-state index in [9.17, 15) is 14.0 Å². The van der Waals surface area contributed by atoms with Crippen molar-refractivity contribution >= 4 is 17.8 Å². The molecule has 3 amide bonds. The quantitative estimate of drug-likeness (QED) is 0.895. The molecule has 2 aliphatic rings. The number of piperazine rings is 1. The van der Waals surface area contributed by atoms with E-state index in [1.54, 1.807) is 4.90 Å². The normalized spacial score (nSPS) is 18.9. The maximum absolute atomic E-state index is 12.8. The molecule has 0 radical (unpaired) electrons. The van der Waals surface area contributed by atoms with Crippen LogP contribution in [0.4, 0.5) is 15.0 Å². The first kappa shape index (κ1) is 17.6. The third kappa shape index (κ3) is 4.88. The summed E-state index contributed by atoms with van der Waals surface area (Å²) in [6, 6.07) is 2.44. The molecule has 7 nitrogen and oxygen atoms in total.